The van der Waals surface area contributed by atoms with E-state index in [4.69, 9.17) is 4.74 Å². The first-order valence-corrected chi connectivity index (χ1v) is 11.8. The zero-order valence-corrected chi connectivity index (χ0v) is 19.8. The molecule has 180 valence electrons. The van der Waals surface area contributed by atoms with Crippen LogP contribution in [0.25, 0.3) is 11.1 Å². The van der Waals surface area contributed by atoms with Crippen LogP contribution in [0.4, 0.5) is 4.79 Å². The van der Waals surface area contributed by atoms with Crippen LogP contribution in [0.15, 0.2) is 48.5 Å². The molecule has 0 aromatic heterocycles. The summed E-state index contributed by atoms with van der Waals surface area (Å²) in [4.78, 5) is 36.9. The first-order valence-electron chi connectivity index (χ1n) is 11.8. The highest BCUT2D eigenvalue weighted by molar-refractivity contribution is 5.85. The number of benzene rings is 2. The Morgan fingerprint density at radius 1 is 0.971 bits per heavy atom. The monoisotopic (exact) mass is 464 g/mol. The van der Waals surface area contributed by atoms with Crippen LogP contribution in [0.3, 0.4) is 0 Å². The standard InChI is InChI=1S/C27H32N2O5/c1-27(2,3)24(25(31)32)29-23(30)14-22(16-12-13-16)28-26(33)34-15-21-19-10-6-4-8-17(19)18-9-5-7-11-20(18)21/h4-11,16,21-22,24H,12-15H2,1-3H3,(H,28,33)(H,29,30)(H,31,32)/t22?,24-/m0/s1. The summed E-state index contributed by atoms with van der Waals surface area (Å²) in [6.45, 7) is 5.49. The number of fused-ring (bicyclic) bond motifs is 3. The average molecular weight is 465 g/mol. The first-order chi connectivity index (χ1) is 16.1. The normalized spacial score (nSPS) is 16.7. The number of rotatable bonds is 8. The smallest absolute Gasteiger partial charge is 0.407 e. The molecule has 7 heteroatoms. The molecule has 0 saturated heterocycles. The number of hydrogen-bond acceptors (Lipinski definition) is 4. The summed E-state index contributed by atoms with van der Waals surface area (Å²) in [5, 5.41) is 14.9. The fourth-order valence-electron chi connectivity index (χ4n) is 4.69. The minimum atomic E-state index is -1.08. The van der Waals surface area contributed by atoms with Crippen molar-refractivity contribution in [2.45, 2.75) is 58.0 Å². The molecule has 4 rings (SSSR count). The van der Waals surface area contributed by atoms with Crippen molar-refractivity contribution in [2.75, 3.05) is 6.61 Å². The summed E-state index contributed by atoms with van der Waals surface area (Å²) in [7, 11) is 0. The predicted molar refractivity (Wildman–Crippen MR) is 128 cm³/mol. The lowest BCUT2D eigenvalue weighted by atomic mass is 9.86. The predicted octanol–water partition coefficient (Wildman–Crippen LogP) is 4.31. The fraction of sp³-hybridized carbons (Fsp3) is 0.444. The van der Waals surface area contributed by atoms with Gasteiger partial charge in [-0.2, -0.15) is 0 Å². The quantitative estimate of drug-likeness (QED) is 0.540. The molecule has 0 heterocycles. The Morgan fingerprint density at radius 2 is 1.53 bits per heavy atom. The van der Waals surface area contributed by atoms with Crippen molar-refractivity contribution < 1.29 is 24.2 Å². The van der Waals surface area contributed by atoms with Gasteiger partial charge in [-0.05, 0) is 46.4 Å². The van der Waals surface area contributed by atoms with Crippen LogP contribution in [-0.4, -0.2) is 41.8 Å². The molecule has 7 nitrogen and oxygen atoms in total. The van der Waals surface area contributed by atoms with E-state index in [2.05, 4.69) is 34.9 Å². The van der Waals surface area contributed by atoms with E-state index in [0.29, 0.717) is 0 Å². The summed E-state index contributed by atoms with van der Waals surface area (Å²) in [6.07, 6.45) is 1.30. The molecule has 2 aromatic carbocycles. The first kappa shape index (κ1) is 23.8. The number of amides is 2. The van der Waals surface area contributed by atoms with Gasteiger partial charge in [-0.1, -0.05) is 69.3 Å². The van der Waals surface area contributed by atoms with Gasteiger partial charge in [-0.3, -0.25) is 4.79 Å². The number of carboxylic acids is 1. The van der Waals surface area contributed by atoms with Crippen LogP contribution in [0.5, 0.6) is 0 Å². The van der Waals surface area contributed by atoms with Crippen molar-refractivity contribution in [3.8, 4) is 11.1 Å². The summed E-state index contributed by atoms with van der Waals surface area (Å²) < 4.78 is 5.63. The highest BCUT2D eigenvalue weighted by Crippen LogP contribution is 2.44. The number of alkyl carbamates (subject to hydrolysis) is 1. The van der Waals surface area contributed by atoms with Gasteiger partial charge in [0.25, 0.3) is 0 Å². The minimum absolute atomic E-state index is 0.0225. The second-order valence-corrected chi connectivity index (χ2v) is 10.3. The van der Waals surface area contributed by atoms with Crippen LogP contribution in [0.1, 0.15) is 57.1 Å². The molecule has 0 aliphatic heterocycles. The molecule has 0 bridgehead atoms. The maximum atomic E-state index is 12.7. The van der Waals surface area contributed by atoms with Crippen molar-refractivity contribution in [2.24, 2.45) is 11.3 Å². The van der Waals surface area contributed by atoms with E-state index >= 15 is 0 Å². The molecule has 0 radical (unpaired) electrons. The van der Waals surface area contributed by atoms with Crippen molar-refractivity contribution in [1.82, 2.24) is 10.6 Å². The van der Waals surface area contributed by atoms with Gasteiger partial charge < -0.3 is 20.5 Å². The van der Waals surface area contributed by atoms with E-state index in [1.807, 2.05) is 24.3 Å². The number of carbonyl (C=O) groups is 3. The Balaban J connectivity index is 1.36. The second kappa shape index (κ2) is 9.49. The van der Waals surface area contributed by atoms with Crippen LogP contribution in [-0.2, 0) is 14.3 Å². The molecule has 0 spiro atoms. The summed E-state index contributed by atoms with van der Waals surface area (Å²) in [5.74, 6) is -1.31. The third kappa shape index (κ3) is 5.24. The van der Waals surface area contributed by atoms with Crippen molar-refractivity contribution in [3.63, 3.8) is 0 Å². The molecule has 1 unspecified atom stereocenters. The Bertz CT molecular complexity index is 1040. The summed E-state index contributed by atoms with van der Waals surface area (Å²) in [6, 6.07) is 14.9. The molecule has 2 aliphatic rings. The van der Waals surface area contributed by atoms with E-state index < -0.39 is 29.4 Å². The van der Waals surface area contributed by atoms with Gasteiger partial charge in [-0.25, -0.2) is 9.59 Å². The molecule has 34 heavy (non-hydrogen) atoms. The van der Waals surface area contributed by atoms with Gasteiger partial charge in [0.05, 0.1) is 0 Å². The molecule has 2 aliphatic carbocycles. The summed E-state index contributed by atoms with van der Waals surface area (Å²) in [5.41, 5.74) is 3.96. The Hall–Kier alpha value is -3.35. The molecule has 1 saturated carbocycles. The Kier molecular flexibility index (Phi) is 6.64. The van der Waals surface area contributed by atoms with Crippen LogP contribution in [0.2, 0.25) is 0 Å². The van der Waals surface area contributed by atoms with Gasteiger partial charge >= 0.3 is 12.1 Å². The maximum Gasteiger partial charge on any atom is 0.407 e. The number of hydrogen-bond donors (Lipinski definition) is 3. The Morgan fingerprint density at radius 3 is 2.03 bits per heavy atom. The average Bonchev–Trinajstić information content (AvgIpc) is 3.58. The molecule has 2 aromatic rings. The number of nitrogens with one attached hydrogen (secondary N) is 2. The highest BCUT2D eigenvalue weighted by Gasteiger charge is 2.37. The number of aliphatic carboxylic acids is 1. The van der Waals surface area contributed by atoms with E-state index in [0.717, 1.165) is 35.1 Å². The molecule has 2 amide bonds. The number of carboxylic acid groups (broad SMARTS) is 1. The van der Waals surface area contributed by atoms with Gasteiger partial charge in [0.2, 0.25) is 5.91 Å². The van der Waals surface area contributed by atoms with E-state index in [9.17, 15) is 19.5 Å². The largest absolute Gasteiger partial charge is 0.480 e. The zero-order valence-electron chi connectivity index (χ0n) is 19.8. The third-order valence-electron chi connectivity index (χ3n) is 6.66. The van der Waals surface area contributed by atoms with Gasteiger partial charge in [-0.15, -0.1) is 0 Å². The maximum absolute atomic E-state index is 12.7. The van der Waals surface area contributed by atoms with Crippen molar-refractivity contribution in [1.29, 1.82) is 0 Å². The van der Waals surface area contributed by atoms with Gasteiger partial charge in [0.15, 0.2) is 0 Å². The zero-order chi connectivity index (χ0) is 24.5. The van der Waals surface area contributed by atoms with Crippen molar-refractivity contribution >= 4 is 18.0 Å². The molecular formula is C27H32N2O5. The molecule has 2 atom stereocenters. The lowest BCUT2D eigenvalue weighted by Crippen LogP contribution is -2.51. The van der Waals surface area contributed by atoms with Gasteiger partial charge in [0.1, 0.15) is 12.6 Å². The lowest BCUT2D eigenvalue weighted by molar-refractivity contribution is -0.145. The van der Waals surface area contributed by atoms with E-state index in [1.54, 1.807) is 20.8 Å². The highest BCUT2D eigenvalue weighted by atomic mass is 16.5. The molecular weight excluding hydrogens is 432 g/mol. The van der Waals surface area contributed by atoms with E-state index in [-0.39, 0.29) is 30.9 Å². The minimum Gasteiger partial charge on any atom is -0.480 e. The SMILES string of the molecule is CC(C)(C)[C@@H](NC(=O)CC(NC(=O)OCC1c2ccccc2-c2ccccc21)C1CC1)C(=O)O. The third-order valence-corrected chi connectivity index (χ3v) is 6.66. The summed E-state index contributed by atoms with van der Waals surface area (Å²) >= 11 is 0. The van der Waals surface area contributed by atoms with Crippen LogP contribution in [0, 0.1) is 11.3 Å². The Labute approximate surface area is 199 Å². The fourth-order valence-corrected chi connectivity index (χ4v) is 4.69. The topological polar surface area (TPSA) is 105 Å². The van der Waals surface area contributed by atoms with E-state index in [1.165, 1.54) is 0 Å². The molecule has 3 N–H and O–H groups in total. The number of carbonyl (C=O) groups excluding carboxylic acids is 2. The van der Waals surface area contributed by atoms with Crippen LogP contribution >= 0.6 is 0 Å². The molecule has 1 fully saturated rings. The number of ether oxygens (including phenoxy) is 1. The lowest BCUT2D eigenvalue weighted by Gasteiger charge is -2.28. The van der Waals surface area contributed by atoms with Gasteiger partial charge in [0, 0.05) is 18.4 Å². The second-order valence-electron chi connectivity index (χ2n) is 10.3. The van der Waals surface area contributed by atoms with Crippen LogP contribution < -0.4 is 10.6 Å². The van der Waals surface area contributed by atoms with Crippen molar-refractivity contribution in [3.05, 3.63) is 59.7 Å².